The highest BCUT2D eigenvalue weighted by molar-refractivity contribution is 4.77. The first-order valence-corrected chi connectivity index (χ1v) is 7.33. The molecule has 0 heterocycles. The standard InChI is InChI=1S/C15H31NO/c1-6-15(4,5)16-11-13(3)17-14-9-7-12(2)8-10-14/h12-14,16H,6-11H2,1-5H3. The van der Waals surface area contributed by atoms with Crippen molar-refractivity contribution >= 4 is 0 Å². The average molecular weight is 241 g/mol. The Balaban J connectivity index is 2.18. The van der Waals surface area contributed by atoms with Gasteiger partial charge in [-0.25, -0.2) is 0 Å². The van der Waals surface area contributed by atoms with E-state index < -0.39 is 0 Å². The van der Waals surface area contributed by atoms with Gasteiger partial charge in [0.2, 0.25) is 0 Å². The molecule has 0 aromatic carbocycles. The molecule has 0 spiro atoms. The molecule has 0 aromatic rings. The number of hydrogen-bond donors (Lipinski definition) is 1. The van der Waals surface area contributed by atoms with Crippen LogP contribution in [0.15, 0.2) is 0 Å². The van der Waals surface area contributed by atoms with Crippen molar-refractivity contribution in [3.8, 4) is 0 Å². The van der Waals surface area contributed by atoms with Crippen LogP contribution in [0.4, 0.5) is 0 Å². The molecule has 0 aromatic heterocycles. The van der Waals surface area contributed by atoms with Crippen LogP contribution in [0.2, 0.25) is 0 Å². The zero-order valence-electron chi connectivity index (χ0n) is 12.4. The van der Waals surface area contributed by atoms with Gasteiger partial charge in [-0.2, -0.15) is 0 Å². The molecule has 1 fully saturated rings. The molecule has 17 heavy (non-hydrogen) atoms. The van der Waals surface area contributed by atoms with Gasteiger partial charge in [-0.1, -0.05) is 13.8 Å². The van der Waals surface area contributed by atoms with Crippen LogP contribution in [-0.4, -0.2) is 24.3 Å². The Morgan fingerprint density at radius 2 is 1.82 bits per heavy atom. The minimum atomic E-state index is 0.235. The van der Waals surface area contributed by atoms with Gasteiger partial charge in [-0.3, -0.25) is 0 Å². The van der Waals surface area contributed by atoms with Crippen molar-refractivity contribution in [3.05, 3.63) is 0 Å². The molecule has 0 radical (unpaired) electrons. The summed E-state index contributed by atoms with van der Waals surface area (Å²) in [6.45, 7) is 12.2. The first-order valence-electron chi connectivity index (χ1n) is 7.33. The summed E-state index contributed by atoms with van der Waals surface area (Å²) in [5.74, 6) is 0.905. The minimum absolute atomic E-state index is 0.235. The lowest BCUT2D eigenvalue weighted by Crippen LogP contribution is -2.43. The molecule has 2 nitrogen and oxygen atoms in total. The second-order valence-electron chi connectivity index (χ2n) is 6.45. The van der Waals surface area contributed by atoms with Crippen LogP contribution in [0.25, 0.3) is 0 Å². The number of ether oxygens (including phenoxy) is 1. The fourth-order valence-electron chi connectivity index (χ4n) is 2.29. The van der Waals surface area contributed by atoms with Gasteiger partial charge in [-0.15, -0.1) is 0 Å². The molecular weight excluding hydrogens is 210 g/mol. The Kier molecular flexibility index (Phi) is 5.94. The second kappa shape index (κ2) is 6.75. The van der Waals surface area contributed by atoms with Gasteiger partial charge in [0.25, 0.3) is 0 Å². The highest BCUT2D eigenvalue weighted by Crippen LogP contribution is 2.26. The van der Waals surface area contributed by atoms with Crippen LogP contribution in [0.3, 0.4) is 0 Å². The Morgan fingerprint density at radius 3 is 2.35 bits per heavy atom. The summed E-state index contributed by atoms with van der Waals surface area (Å²) in [5, 5.41) is 3.58. The maximum absolute atomic E-state index is 6.12. The molecule has 1 rings (SSSR count). The lowest BCUT2D eigenvalue weighted by atomic mass is 9.89. The topological polar surface area (TPSA) is 21.3 Å². The van der Waals surface area contributed by atoms with E-state index in [2.05, 4.69) is 39.9 Å². The fraction of sp³-hybridized carbons (Fsp3) is 1.00. The third-order valence-corrected chi connectivity index (χ3v) is 4.14. The smallest absolute Gasteiger partial charge is 0.0675 e. The molecule has 1 saturated carbocycles. The maximum atomic E-state index is 6.12. The molecule has 1 aliphatic rings. The lowest BCUT2D eigenvalue weighted by Gasteiger charge is -2.31. The first-order chi connectivity index (χ1) is 7.93. The summed E-state index contributed by atoms with van der Waals surface area (Å²) >= 11 is 0. The molecule has 0 saturated heterocycles. The van der Waals surface area contributed by atoms with Crippen LogP contribution in [-0.2, 0) is 4.74 Å². The van der Waals surface area contributed by atoms with E-state index in [4.69, 9.17) is 4.74 Å². The number of rotatable bonds is 6. The Hall–Kier alpha value is -0.0800. The Bertz CT molecular complexity index is 207. The SMILES string of the molecule is CCC(C)(C)NCC(C)OC1CCC(C)CC1. The Labute approximate surface area is 108 Å². The molecule has 1 unspecified atom stereocenters. The molecular formula is C15H31NO. The van der Waals surface area contributed by atoms with E-state index >= 15 is 0 Å². The average Bonchev–Trinajstić information content (AvgIpc) is 2.30. The largest absolute Gasteiger partial charge is 0.374 e. The number of hydrogen-bond acceptors (Lipinski definition) is 2. The van der Waals surface area contributed by atoms with Crippen molar-refractivity contribution in [2.75, 3.05) is 6.54 Å². The summed E-state index contributed by atoms with van der Waals surface area (Å²) in [5.41, 5.74) is 0.235. The zero-order chi connectivity index (χ0) is 12.9. The summed E-state index contributed by atoms with van der Waals surface area (Å²) in [6, 6.07) is 0. The van der Waals surface area contributed by atoms with Gasteiger partial charge in [-0.05, 0) is 58.8 Å². The van der Waals surface area contributed by atoms with E-state index in [1.165, 1.54) is 25.7 Å². The molecule has 1 N–H and O–H groups in total. The first kappa shape index (κ1) is 15.0. The van der Waals surface area contributed by atoms with E-state index in [0.29, 0.717) is 12.2 Å². The predicted molar refractivity (Wildman–Crippen MR) is 74.3 cm³/mol. The van der Waals surface area contributed by atoms with Crippen molar-refractivity contribution < 1.29 is 4.74 Å². The summed E-state index contributed by atoms with van der Waals surface area (Å²) in [7, 11) is 0. The van der Waals surface area contributed by atoms with Crippen LogP contribution in [0, 0.1) is 5.92 Å². The van der Waals surface area contributed by atoms with Gasteiger partial charge >= 0.3 is 0 Å². The van der Waals surface area contributed by atoms with Crippen LogP contribution in [0.5, 0.6) is 0 Å². The number of nitrogens with one attached hydrogen (secondary N) is 1. The molecule has 2 heteroatoms. The van der Waals surface area contributed by atoms with Crippen LogP contribution >= 0.6 is 0 Å². The summed E-state index contributed by atoms with van der Waals surface area (Å²) < 4.78 is 6.12. The Morgan fingerprint density at radius 1 is 1.24 bits per heavy atom. The van der Waals surface area contributed by atoms with Gasteiger partial charge in [0, 0.05) is 12.1 Å². The van der Waals surface area contributed by atoms with E-state index in [1.54, 1.807) is 0 Å². The third kappa shape index (κ3) is 5.87. The normalized spacial score (nSPS) is 28.1. The molecule has 1 aliphatic carbocycles. The van der Waals surface area contributed by atoms with Crippen molar-refractivity contribution in [3.63, 3.8) is 0 Å². The molecule has 0 aliphatic heterocycles. The van der Waals surface area contributed by atoms with Crippen molar-refractivity contribution in [2.45, 2.75) is 84.5 Å². The van der Waals surface area contributed by atoms with Gasteiger partial charge in [0.05, 0.1) is 12.2 Å². The highest BCUT2D eigenvalue weighted by Gasteiger charge is 2.21. The van der Waals surface area contributed by atoms with Crippen LogP contribution in [0.1, 0.15) is 66.7 Å². The van der Waals surface area contributed by atoms with Crippen molar-refractivity contribution in [1.82, 2.24) is 5.32 Å². The van der Waals surface area contributed by atoms with Gasteiger partial charge in [0.15, 0.2) is 0 Å². The maximum Gasteiger partial charge on any atom is 0.0675 e. The monoisotopic (exact) mass is 241 g/mol. The third-order valence-electron chi connectivity index (χ3n) is 4.14. The van der Waals surface area contributed by atoms with Crippen LogP contribution < -0.4 is 5.32 Å². The fourth-order valence-corrected chi connectivity index (χ4v) is 2.29. The van der Waals surface area contributed by atoms with E-state index in [0.717, 1.165) is 18.9 Å². The second-order valence-corrected chi connectivity index (χ2v) is 6.45. The molecule has 0 amide bonds. The van der Waals surface area contributed by atoms with Crippen molar-refractivity contribution in [2.24, 2.45) is 5.92 Å². The predicted octanol–water partition coefficient (Wildman–Crippen LogP) is 3.75. The lowest BCUT2D eigenvalue weighted by molar-refractivity contribution is -0.0282. The zero-order valence-corrected chi connectivity index (χ0v) is 12.4. The molecule has 0 bridgehead atoms. The quantitative estimate of drug-likeness (QED) is 0.764. The van der Waals surface area contributed by atoms with E-state index in [9.17, 15) is 0 Å². The van der Waals surface area contributed by atoms with E-state index in [-0.39, 0.29) is 5.54 Å². The summed E-state index contributed by atoms with van der Waals surface area (Å²) in [6.07, 6.45) is 7.18. The van der Waals surface area contributed by atoms with Gasteiger partial charge < -0.3 is 10.1 Å². The van der Waals surface area contributed by atoms with Gasteiger partial charge in [0.1, 0.15) is 0 Å². The highest BCUT2D eigenvalue weighted by atomic mass is 16.5. The summed E-state index contributed by atoms with van der Waals surface area (Å²) in [4.78, 5) is 0. The van der Waals surface area contributed by atoms with E-state index in [1.807, 2.05) is 0 Å². The minimum Gasteiger partial charge on any atom is -0.374 e. The molecule has 102 valence electrons. The molecule has 1 atom stereocenters. The van der Waals surface area contributed by atoms with Crippen molar-refractivity contribution in [1.29, 1.82) is 0 Å².